The summed E-state index contributed by atoms with van der Waals surface area (Å²) in [6.45, 7) is 0. The number of nitrogens with two attached hydrogens (primary N) is 1. The predicted octanol–water partition coefficient (Wildman–Crippen LogP) is -1.25. The van der Waals surface area contributed by atoms with E-state index >= 15 is 0 Å². The largest absolute Gasteiger partial charge is 0.481 e. The molecule has 12 heavy (non-hydrogen) atoms. The van der Waals surface area contributed by atoms with Gasteiger partial charge in [0.1, 0.15) is 6.04 Å². The van der Waals surface area contributed by atoms with Crippen LogP contribution in [0.1, 0.15) is 6.42 Å². The molecule has 6 nitrogen and oxygen atoms in total. The second kappa shape index (κ2) is 4.50. The molecule has 0 saturated heterocycles. The zero-order valence-electron chi connectivity index (χ0n) is 5.98. The minimum atomic E-state index is -1.30. The zero-order chi connectivity index (χ0) is 9.72. The third-order valence-electron chi connectivity index (χ3n) is 0.993. The molecule has 1 atom stereocenters. The minimum Gasteiger partial charge on any atom is -0.481 e. The van der Waals surface area contributed by atoms with E-state index in [1.807, 2.05) is 0 Å². The first-order chi connectivity index (χ1) is 5.43. The molecule has 0 aromatic rings. The molecule has 0 aliphatic rings. The van der Waals surface area contributed by atoms with Crippen LogP contribution in [-0.2, 0) is 9.59 Å². The van der Waals surface area contributed by atoms with E-state index in [9.17, 15) is 9.59 Å². The summed E-state index contributed by atoms with van der Waals surface area (Å²) in [5, 5.41) is 18.6. The number of hydrogen-bond acceptors (Lipinski definition) is 3. The molecular weight excluding hydrogens is 184 g/mol. The van der Waals surface area contributed by atoms with Gasteiger partial charge in [-0.15, -0.1) is 0 Å². The van der Waals surface area contributed by atoms with Crippen molar-refractivity contribution < 1.29 is 19.8 Å². The van der Waals surface area contributed by atoms with Gasteiger partial charge in [-0.1, -0.05) is 0 Å². The van der Waals surface area contributed by atoms with Gasteiger partial charge in [-0.05, 0) is 12.2 Å². The summed E-state index contributed by atoms with van der Waals surface area (Å²) in [4.78, 5) is 20.4. The Morgan fingerprint density at radius 2 is 2.00 bits per heavy atom. The van der Waals surface area contributed by atoms with Crippen LogP contribution in [0.5, 0.6) is 0 Å². The Morgan fingerprint density at radius 3 is 2.25 bits per heavy atom. The van der Waals surface area contributed by atoms with Crippen molar-refractivity contribution in [2.75, 3.05) is 0 Å². The van der Waals surface area contributed by atoms with Crippen molar-refractivity contribution in [2.24, 2.45) is 5.73 Å². The van der Waals surface area contributed by atoms with Crippen molar-refractivity contribution in [2.45, 2.75) is 12.5 Å². The first-order valence-corrected chi connectivity index (χ1v) is 3.35. The fraction of sp³-hybridized carbons (Fsp3) is 0.400. The molecule has 0 spiro atoms. The monoisotopic (exact) mass is 192 g/mol. The lowest BCUT2D eigenvalue weighted by Gasteiger charge is -2.10. The fourth-order valence-corrected chi connectivity index (χ4v) is 0.689. The van der Waals surface area contributed by atoms with Gasteiger partial charge in [-0.2, -0.15) is 0 Å². The van der Waals surface area contributed by atoms with Gasteiger partial charge in [-0.3, -0.25) is 4.79 Å². The predicted molar refractivity (Wildman–Crippen MR) is 43.6 cm³/mol. The summed E-state index contributed by atoms with van der Waals surface area (Å²) in [5.41, 5.74) is 4.97. The van der Waals surface area contributed by atoms with Gasteiger partial charge in [0.2, 0.25) is 0 Å². The molecular formula is C5H8N2O4S. The van der Waals surface area contributed by atoms with Gasteiger partial charge < -0.3 is 21.3 Å². The molecule has 1 unspecified atom stereocenters. The Balaban J connectivity index is 4.14. The van der Waals surface area contributed by atoms with Gasteiger partial charge in [-0.25, -0.2) is 4.79 Å². The van der Waals surface area contributed by atoms with Gasteiger partial charge in [0, 0.05) is 0 Å². The third kappa shape index (κ3) is 4.45. The highest BCUT2D eigenvalue weighted by Crippen LogP contribution is 1.91. The molecule has 5 N–H and O–H groups in total. The van der Waals surface area contributed by atoms with Crippen molar-refractivity contribution in [1.29, 1.82) is 0 Å². The maximum Gasteiger partial charge on any atom is 0.326 e. The van der Waals surface area contributed by atoms with Gasteiger partial charge in [0.05, 0.1) is 6.42 Å². The van der Waals surface area contributed by atoms with E-state index in [1.54, 1.807) is 0 Å². The van der Waals surface area contributed by atoms with Crippen LogP contribution in [0.15, 0.2) is 0 Å². The Hall–Kier alpha value is -1.37. The molecule has 0 rings (SSSR count). The molecule has 0 saturated carbocycles. The Kier molecular flexibility index (Phi) is 3.98. The maximum atomic E-state index is 10.3. The van der Waals surface area contributed by atoms with Crippen LogP contribution in [0.4, 0.5) is 0 Å². The van der Waals surface area contributed by atoms with Crippen LogP contribution < -0.4 is 11.1 Å². The smallest absolute Gasteiger partial charge is 0.326 e. The Bertz CT molecular complexity index is 201. The van der Waals surface area contributed by atoms with Crippen LogP contribution >= 0.6 is 12.2 Å². The van der Waals surface area contributed by atoms with E-state index in [-0.39, 0.29) is 5.11 Å². The first kappa shape index (κ1) is 10.6. The standard InChI is InChI=1S/C5H8N2O4S/c6-5(12)7-2(4(10)11)1-3(8)9/h2H,1H2,(H,8,9)(H,10,11)(H3,6,7,12). The van der Waals surface area contributed by atoms with E-state index in [0.29, 0.717) is 0 Å². The lowest BCUT2D eigenvalue weighted by molar-refractivity contribution is -0.145. The zero-order valence-corrected chi connectivity index (χ0v) is 6.80. The van der Waals surface area contributed by atoms with E-state index < -0.39 is 24.4 Å². The van der Waals surface area contributed by atoms with Crippen molar-refractivity contribution in [3.05, 3.63) is 0 Å². The number of nitrogens with one attached hydrogen (secondary N) is 1. The van der Waals surface area contributed by atoms with Crippen molar-refractivity contribution >= 4 is 29.3 Å². The summed E-state index contributed by atoms with van der Waals surface area (Å²) in [6, 6.07) is -1.26. The van der Waals surface area contributed by atoms with Crippen molar-refractivity contribution in [3.63, 3.8) is 0 Å². The fourth-order valence-electron chi connectivity index (χ4n) is 0.546. The molecule has 0 aliphatic carbocycles. The topological polar surface area (TPSA) is 113 Å². The maximum absolute atomic E-state index is 10.3. The molecule has 0 amide bonds. The van der Waals surface area contributed by atoms with E-state index in [2.05, 4.69) is 17.5 Å². The normalized spacial score (nSPS) is 11.7. The lowest BCUT2D eigenvalue weighted by Crippen LogP contribution is -2.44. The van der Waals surface area contributed by atoms with Crippen LogP contribution in [0.25, 0.3) is 0 Å². The number of aliphatic carboxylic acids is 2. The minimum absolute atomic E-state index is 0.233. The summed E-state index contributed by atoms with van der Waals surface area (Å²) in [5.74, 6) is -2.53. The highest BCUT2D eigenvalue weighted by atomic mass is 32.1. The molecule has 0 bridgehead atoms. The molecule has 0 radical (unpaired) electrons. The lowest BCUT2D eigenvalue weighted by atomic mass is 10.2. The van der Waals surface area contributed by atoms with E-state index in [0.717, 1.165) is 0 Å². The van der Waals surface area contributed by atoms with Gasteiger partial charge in [0.15, 0.2) is 5.11 Å². The van der Waals surface area contributed by atoms with Gasteiger partial charge >= 0.3 is 11.9 Å². The highest BCUT2D eigenvalue weighted by Gasteiger charge is 2.20. The third-order valence-corrected chi connectivity index (χ3v) is 1.11. The quantitative estimate of drug-likeness (QED) is 0.411. The van der Waals surface area contributed by atoms with E-state index in [4.69, 9.17) is 15.9 Å². The SMILES string of the molecule is NC(=S)NC(CC(=O)O)C(=O)O. The van der Waals surface area contributed by atoms with Crippen molar-refractivity contribution in [1.82, 2.24) is 5.32 Å². The first-order valence-electron chi connectivity index (χ1n) is 2.94. The number of rotatable bonds is 4. The Morgan fingerprint density at radius 1 is 1.50 bits per heavy atom. The molecule has 7 heteroatoms. The number of carboxylic acids is 2. The van der Waals surface area contributed by atoms with Gasteiger partial charge in [0.25, 0.3) is 0 Å². The van der Waals surface area contributed by atoms with Crippen LogP contribution in [0, 0.1) is 0 Å². The van der Waals surface area contributed by atoms with Crippen LogP contribution in [0.3, 0.4) is 0 Å². The number of thiocarbonyl (C=S) groups is 1. The second-order valence-electron chi connectivity index (χ2n) is 2.00. The number of carbonyl (C=O) groups is 2. The average Bonchev–Trinajstić information content (AvgIpc) is 1.83. The summed E-state index contributed by atoms with van der Waals surface area (Å²) >= 11 is 4.35. The molecule has 0 aromatic heterocycles. The highest BCUT2D eigenvalue weighted by molar-refractivity contribution is 7.80. The molecule has 0 fully saturated rings. The average molecular weight is 192 g/mol. The number of carboxylic acid groups (broad SMARTS) is 2. The van der Waals surface area contributed by atoms with Crippen molar-refractivity contribution in [3.8, 4) is 0 Å². The number of hydrogen-bond donors (Lipinski definition) is 4. The Labute approximate surface area is 73.4 Å². The van der Waals surface area contributed by atoms with Crippen LogP contribution in [0.2, 0.25) is 0 Å². The summed E-state index contributed by atoms with van der Waals surface area (Å²) in [7, 11) is 0. The molecule has 0 aromatic carbocycles. The molecule has 0 aliphatic heterocycles. The van der Waals surface area contributed by atoms with Crippen LogP contribution in [-0.4, -0.2) is 33.3 Å². The molecule has 0 heterocycles. The molecule has 68 valence electrons. The summed E-state index contributed by atoms with van der Waals surface area (Å²) < 4.78 is 0. The summed E-state index contributed by atoms with van der Waals surface area (Å²) in [6.07, 6.45) is -0.563. The van der Waals surface area contributed by atoms with E-state index in [1.165, 1.54) is 0 Å². The second-order valence-corrected chi connectivity index (χ2v) is 2.44.